The minimum atomic E-state index is -0.512. The minimum Gasteiger partial charge on any atom is -0.460 e. The highest BCUT2D eigenvalue weighted by atomic mass is 32.1. The third kappa shape index (κ3) is 5.12. The van der Waals surface area contributed by atoms with Crippen LogP contribution in [0, 0.1) is 0 Å². The van der Waals surface area contributed by atoms with Crippen LogP contribution in [0.25, 0.3) is 0 Å². The highest BCUT2D eigenvalue weighted by molar-refractivity contribution is 7.15. The van der Waals surface area contributed by atoms with Gasteiger partial charge in [-0.3, -0.25) is 9.59 Å². The van der Waals surface area contributed by atoms with E-state index in [1.807, 2.05) is 20.8 Å². The molecule has 0 aliphatic heterocycles. The lowest BCUT2D eigenvalue weighted by Gasteiger charge is -2.19. The van der Waals surface area contributed by atoms with Gasteiger partial charge < -0.3 is 10.1 Å². The number of ether oxygens (including phenoxy) is 1. The quantitative estimate of drug-likeness (QED) is 0.868. The van der Waals surface area contributed by atoms with E-state index in [1.165, 1.54) is 17.7 Å². The van der Waals surface area contributed by atoms with Gasteiger partial charge in [-0.2, -0.15) is 0 Å². The number of hydrogen-bond acceptors (Lipinski definition) is 5. The average Bonchev–Trinajstić information content (AvgIpc) is 2.76. The van der Waals surface area contributed by atoms with Crippen molar-refractivity contribution in [3.05, 3.63) is 10.6 Å². The van der Waals surface area contributed by atoms with Gasteiger partial charge in [-0.15, -0.1) is 11.3 Å². The lowest BCUT2D eigenvalue weighted by molar-refractivity contribution is -0.155. The monoisotopic (exact) mass is 310 g/mol. The number of nitrogens with one attached hydrogen (secondary N) is 1. The smallest absolute Gasteiger partial charge is 0.306 e. The van der Waals surface area contributed by atoms with Gasteiger partial charge in [0.25, 0.3) is 0 Å². The Morgan fingerprint density at radius 1 is 1.24 bits per heavy atom. The lowest BCUT2D eigenvalue weighted by atomic mass is 10.0. The summed E-state index contributed by atoms with van der Waals surface area (Å²) in [6.45, 7) is 5.43. The largest absolute Gasteiger partial charge is 0.460 e. The number of anilines is 1. The Labute approximate surface area is 129 Å². The zero-order chi connectivity index (χ0) is 15.5. The maximum Gasteiger partial charge on any atom is 0.306 e. The topological polar surface area (TPSA) is 68.3 Å². The molecule has 116 valence electrons. The van der Waals surface area contributed by atoms with Crippen LogP contribution in [0.15, 0.2) is 0 Å². The number of hydrogen-bond donors (Lipinski definition) is 1. The number of aryl methyl sites for hydroxylation is 2. The molecule has 0 atom stereocenters. The molecule has 0 fully saturated rings. The van der Waals surface area contributed by atoms with E-state index in [0.29, 0.717) is 5.13 Å². The number of thiazole rings is 1. The Balaban J connectivity index is 1.79. The van der Waals surface area contributed by atoms with Crippen LogP contribution in [0.5, 0.6) is 0 Å². The van der Waals surface area contributed by atoms with Gasteiger partial charge in [-0.05, 0) is 46.5 Å². The Kier molecular flexibility index (Phi) is 4.98. The van der Waals surface area contributed by atoms with Gasteiger partial charge in [-0.25, -0.2) is 4.98 Å². The van der Waals surface area contributed by atoms with E-state index >= 15 is 0 Å². The first-order valence-electron chi connectivity index (χ1n) is 7.34. The van der Waals surface area contributed by atoms with Crippen molar-refractivity contribution >= 4 is 28.3 Å². The van der Waals surface area contributed by atoms with Gasteiger partial charge in [0, 0.05) is 11.3 Å². The van der Waals surface area contributed by atoms with Crippen LogP contribution in [0.2, 0.25) is 0 Å². The third-order valence-electron chi connectivity index (χ3n) is 3.07. The van der Waals surface area contributed by atoms with E-state index in [1.54, 1.807) is 11.3 Å². The maximum atomic E-state index is 11.8. The van der Waals surface area contributed by atoms with E-state index in [4.69, 9.17) is 4.74 Å². The van der Waals surface area contributed by atoms with E-state index in [9.17, 15) is 9.59 Å². The number of rotatable bonds is 4. The van der Waals surface area contributed by atoms with Crippen molar-refractivity contribution in [1.82, 2.24) is 4.98 Å². The Morgan fingerprint density at radius 2 is 1.95 bits per heavy atom. The van der Waals surface area contributed by atoms with Crippen LogP contribution in [0.3, 0.4) is 0 Å². The molecule has 6 heteroatoms. The predicted molar refractivity (Wildman–Crippen MR) is 82.5 cm³/mol. The summed E-state index contributed by atoms with van der Waals surface area (Å²) in [5, 5.41) is 3.43. The van der Waals surface area contributed by atoms with E-state index in [0.717, 1.165) is 18.5 Å². The van der Waals surface area contributed by atoms with Gasteiger partial charge in [-0.1, -0.05) is 0 Å². The SMILES string of the molecule is CC(C)(C)OC(=O)CCC(=O)Nc1nc2c(s1)CCCC2. The Morgan fingerprint density at radius 3 is 2.62 bits per heavy atom. The number of carbonyl (C=O) groups is 2. The number of carbonyl (C=O) groups excluding carboxylic acids is 2. The van der Waals surface area contributed by atoms with Crippen molar-refractivity contribution < 1.29 is 14.3 Å². The fourth-order valence-corrected chi connectivity index (χ4v) is 3.26. The van der Waals surface area contributed by atoms with Crippen LogP contribution >= 0.6 is 11.3 Å². The van der Waals surface area contributed by atoms with Crippen molar-refractivity contribution in [1.29, 1.82) is 0 Å². The van der Waals surface area contributed by atoms with Gasteiger partial charge in [0.05, 0.1) is 12.1 Å². The molecule has 0 unspecified atom stereocenters. The van der Waals surface area contributed by atoms with E-state index in [2.05, 4.69) is 10.3 Å². The predicted octanol–water partition coefficient (Wildman–Crippen LogP) is 3.08. The van der Waals surface area contributed by atoms with Crippen LogP contribution in [0.1, 0.15) is 57.0 Å². The molecule has 5 nitrogen and oxygen atoms in total. The number of esters is 1. The highest BCUT2D eigenvalue weighted by Crippen LogP contribution is 2.29. The number of nitrogens with zero attached hydrogens (tertiary/aromatic N) is 1. The molecule has 1 N–H and O–H groups in total. The van der Waals surface area contributed by atoms with Crippen LogP contribution in [-0.4, -0.2) is 22.5 Å². The Hall–Kier alpha value is -1.43. The number of amides is 1. The van der Waals surface area contributed by atoms with Gasteiger partial charge in [0.15, 0.2) is 5.13 Å². The minimum absolute atomic E-state index is 0.0915. The molecule has 0 saturated carbocycles. The zero-order valence-electron chi connectivity index (χ0n) is 12.8. The van der Waals surface area contributed by atoms with E-state index in [-0.39, 0.29) is 24.7 Å². The third-order valence-corrected chi connectivity index (χ3v) is 4.14. The summed E-state index contributed by atoms with van der Waals surface area (Å²) in [4.78, 5) is 29.1. The number of fused-ring (bicyclic) bond motifs is 1. The van der Waals surface area contributed by atoms with Crippen molar-refractivity contribution in [2.24, 2.45) is 0 Å². The molecule has 1 heterocycles. The van der Waals surface area contributed by atoms with Gasteiger partial charge in [0.1, 0.15) is 5.60 Å². The van der Waals surface area contributed by atoms with Crippen LogP contribution in [-0.2, 0) is 27.2 Å². The fourth-order valence-electron chi connectivity index (χ4n) is 2.20. The van der Waals surface area contributed by atoms with Crippen molar-refractivity contribution in [2.45, 2.75) is 64.9 Å². The summed E-state index contributed by atoms with van der Waals surface area (Å²) in [7, 11) is 0. The number of aromatic nitrogens is 1. The molecule has 0 spiro atoms. The first-order chi connectivity index (χ1) is 9.83. The lowest BCUT2D eigenvalue weighted by Crippen LogP contribution is -2.24. The zero-order valence-corrected chi connectivity index (χ0v) is 13.6. The van der Waals surface area contributed by atoms with Crippen LogP contribution in [0.4, 0.5) is 5.13 Å². The molecule has 1 aromatic rings. The van der Waals surface area contributed by atoms with E-state index < -0.39 is 5.60 Å². The second-order valence-corrected chi connectivity index (χ2v) is 7.31. The molecule has 0 radical (unpaired) electrons. The molecular weight excluding hydrogens is 288 g/mol. The first kappa shape index (κ1) is 15.9. The molecule has 0 bridgehead atoms. The molecular formula is C15H22N2O3S. The normalized spacial score (nSPS) is 14.4. The van der Waals surface area contributed by atoms with Gasteiger partial charge in [0.2, 0.25) is 5.91 Å². The molecule has 2 rings (SSSR count). The Bertz CT molecular complexity index is 508. The molecule has 1 aliphatic rings. The second kappa shape index (κ2) is 6.56. The molecule has 1 aliphatic carbocycles. The standard InChI is InChI=1S/C15H22N2O3S/c1-15(2,3)20-13(19)9-8-12(18)17-14-16-10-6-4-5-7-11(10)21-14/h4-9H2,1-3H3,(H,16,17,18). The summed E-state index contributed by atoms with van der Waals surface area (Å²) in [5.41, 5.74) is 0.607. The summed E-state index contributed by atoms with van der Waals surface area (Å²) < 4.78 is 5.17. The molecule has 1 aromatic heterocycles. The molecule has 0 aromatic carbocycles. The molecule has 21 heavy (non-hydrogen) atoms. The summed E-state index contributed by atoms with van der Waals surface area (Å²) >= 11 is 1.55. The second-order valence-electron chi connectivity index (χ2n) is 6.23. The highest BCUT2D eigenvalue weighted by Gasteiger charge is 2.19. The average molecular weight is 310 g/mol. The van der Waals surface area contributed by atoms with Crippen LogP contribution < -0.4 is 5.32 Å². The van der Waals surface area contributed by atoms with Crippen molar-refractivity contribution in [3.8, 4) is 0 Å². The maximum absolute atomic E-state index is 11.8. The summed E-state index contributed by atoms with van der Waals surface area (Å²) in [5.74, 6) is -0.539. The molecule has 1 amide bonds. The first-order valence-corrected chi connectivity index (χ1v) is 8.15. The van der Waals surface area contributed by atoms with Crippen molar-refractivity contribution in [3.63, 3.8) is 0 Å². The van der Waals surface area contributed by atoms with Gasteiger partial charge >= 0.3 is 5.97 Å². The van der Waals surface area contributed by atoms with Crippen molar-refractivity contribution in [2.75, 3.05) is 5.32 Å². The summed E-state index contributed by atoms with van der Waals surface area (Å²) in [6, 6.07) is 0. The fraction of sp³-hybridized carbons (Fsp3) is 0.667. The summed E-state index contributed by atoms with van der Waals surface area (Å²) in [6.07, 6.45) is 4.64. The molecule has 0 saturated heterocycles.